The van der Waals surface area contributed by atoms with Crippen molar-refractivity contribution in [2.24, 2.45) is 0 Å². The fourth-order valence-electron chi connectivity index (χ4n) is 1.91. The Morgan fingerprint density at radius 2 is 2.32 bits per heavy atom. The lowest BCUT2D eigenvalue weighted by atomic mass is 10.1. The molecule has 3 aromatic rings. The number of hydrogen-bond acceptors (Lipinski definition) is 3. The molecule has 0 unspecified atom stereocenters. The number of carbonyl (C=O) groups is 1. The summed E-state index contributed by atoms with van der Waals surface area (Å²) >= 11 is 0. The summed E-state index contributed by atoms with van der Waals surface area (Å²) in [5, 5.41) is 10.6. The van der Waals surface area contributed by atoms with Crippen LogP contribution in [-0.4, -0.2) is 32.6 Å². The molecular formula is C13H13N5O. The van der Waals surface area contributed by atoms with E-state index in [9.17, 15) is 4.79 Å². The largest absolute Gasteiger partial charge is 0.352 e. The van der Waals surface area contributed by atoms with Crippen molar-refractivity contribution < 1.29 is 4.79 Å². The number of carbonyl (C=O) groups excluding carboxylic acids is 1. The maximum Gasteiger partial charge on any atom is 0.251 e. The predicted molar refractivity (Wildman–Crippen MR) is 70.7 cm³/mol. The molecule has 6 heteroatoms. The number of aromatic nitrogens is 4. The average molecular weight is 255 g/mol. The van der Waals surface area contributed by atoms with Crippen molar-refractivity contribution >= 4 is 16.8 Å². The van der Waals surface area contributed by atoms with Crippen molar-refractivity contribution in [1.82, 2.24) is 25.5 Å². The number of imidazole rings is 1. The molecule has 0 spiro atoms. The van der Waals surface area contributed by atoms with Gasteiger partial charge in [-0.15, -0.1) is 0 Å². The third-order valence-electron chi connectivity index (χ3n) is 2.91. The molecule has 1 amide bonds. The molecule has 0 fully saturated rings. The smallest absolute Gasteiger partial charge is 0.251 e. The Hall–Kier alpha value is -2.63. The minimum Gasteiger partial charge on any atom is -0.352 e. The van der Waals surface area contributed by atoms with Gasteiger partial charge in [-0.3, -0.25) is 9.89 Å². The molecule has 0 aliphatic rings. The van der Waals surface area contributed by atoms with Gasteiger partial charge in [0.05, 0.1) is 11.7 Å². The van der Waals surface area contributed by atoms with E-state index in [1.807, 2.05) is 6.07 Å². The highest BCUT2D eigenvalue weighted by Gasteiger charge is 2.06. The van der Waals surface area contributed by atoms with Crippen LogP contribution in [0.2, 0.25) is 0 Å². The number of H-pyrrole nitrogens is 2. The Balaban J connectivity index is 1.63. The van der Waals surface area contributed by atoms with Crippen LogP contribution in [0.5, 0.6) is 0 Å². The van der Waals surface area contributed by atoms with Gasteiger partial charge in [0.1, 0.15) is 5.82 Å². The van der Waals surface area contributed by atoms with Gasteiger partial charge in [0, 0.05) is 36.3 Å². The van der Waals surface area contributed by atoms with Crippen LogP contribution in [0.15, 0.2) is 36.8 Å². The summed E-state index contributed by atoms with van der Waals surface area (Å²) in [5.41, 5.74) is 1.48. The quantitative estimate of drug-likeness (QED) is 0.656. The zero-order valence-electron chi connectivity index (χ0n) is 10.2. The molecular weight excluding hydrogens is 242 g/mol. The fraction of sp³-hybridized carbons (Fsp3) is 0.154. The molecule has 0 bridgehead atoms. The molecule has 2 heterocycles. The third kappa shape index (κ3) is 2.47. The van der Waals surface area contributed by atoms with Gasteiger partial charge < -0.3 is 10.3 Å². The minimum absolute atomic E-state index is 0.0944. The van der Waals surface area contributed by atoms with Gasteiger partial charge in [0.15, 0.2) is 0 Å². The number of nitrogens with zero attached hydrogens (tertiary/aromatic N) is 2. The summed E-state index contributed by atoms with van der Waals surface area (Å²) < 4.78 is 0. The second-order valence-corrected chi connectivity index (χ2v) is 4.21. The Morgan fingerprint density at radius 3 is 3.16 bits per heavy atom. The normalized spacial score (nSPS) is 10.7. The molecule has 3 N–H and O–H groups in total. The van der Waals surface area contributed by atoms with Gasteiger partial charge >= 0.3 is 0 Å². The van der Waals surface area contributed by atoms with Crippen LogP contribution in [0.3, 0.4) is 0 Å². The lowest BCUT2D eigenvalue weighted by molar-refractivity contribution is 0.0954. The first-order valence-corrected chi connectivity index (χ1v) is 6.02. The number of amides is 1. The molecule has 0 radical (unpaired) electrons. The average Bonchev–Trinajstić information content (AvgIpc) is 3.08. The van der Waals surface area contributed by atoms with E-state index >= 15 is 0 Å². The first kappa shape index (κ1) is 11.5. The van der Waals surface area contributed by atoms with E-state index in [0.717, 1.165) is 16.7 Å². The van der Waals surface area contributed by atoms with Crippen LogP contribution in [0.4, 0.5) is 0 Å². The molecule has 2 aromatic heterocycles. The summed E-state index contributed by atoms with van der Waals surface area (Å²) in [6.07, 6.45) is 5.88. The van der Waals surface area contributed by atoms with E-state index in [1.54, 1.807) is 30.7 Å². The van der Waals surface area contributed by atoms with E-state index in [2.05, 4.69) is 25.5 Å². The number of hydrogen-bond donors (Lipinski definition) is 3. The van der Waals surface area contributed by atoms with Crippen molar-refractivity contribution in [2.75, 3.05) is 6.54 Å². The first-order valence-electron chi connectivity index (χ1n) is 6.02. The van der Waals surface area contributed by atoms with Crippen LogP contribution in [0, 0.1) is 0 Å². The van der Waals surface area contributed by atoms with Crippen molar-refractivity contribution in [2.45, 2.75) is 6.42 Å². The van der Waals surface area contributed by atoms with Gasteiger partial charge in [0.25, 0.3) is 5.91 Å². The molecule has 0 atom stereocenters. The highest BCUT2D eigenvalue weighted by molar-refractivity contribution is 5.97. The number of nitrogens with one attached hydrogen (secondary N) is 3. The molecule has 96 valence electrons. The molecule has 1 aromatic carbocycles. The van der Waals surface area contributed by atoms with Crippen molar-refractivity contribution in [1.29, 1.82) is 0 Å². The van der Waals surface area contributed by atoms with Gasteiger partial charge in [-0.05, 0) is 12.1 Å². The summed E-state index contributed by atoms with van der Waals surface area (Å²) in [5.74, 6) is 0.771. The number of rotatable bonds is 4. The topological polar surface area (TPSA) is 86.5 Å². The molecule has 0 saturated carbocycles. The zero-order chi connectivity index (χ0) is 13.1. The highest BCUT2D eigenvalue weighted by atomic mass is 16.1. The Labute approximate surface area is 109 Å². The lowest BCUT2D eigenvalue weighted by Crippen LogP contribution is -2.25. The van der Waals surface area contributed by atoms with Gasteiger partial charge in [-0.2, -0.15) is 5.10 Å². The lowest BCUT2D eigenvalue weighted by Gasteiger charge is -2.04. The fourth-order valence-corrected chi connectivity index (χ4v) is 1.91. The standard InChI is InChI=1S/C13H13N5O/c19-13(16-4-3-12-14-5-6-15-12)9-1-2-10-8-17-18-11(10)7-9/h1-2,5-8H,3-4H2,(H,14,15)(H,16,19)(H,17,18). The molecule has 3 rings (SSSR count). The Kier molecular flexibility index (Phi) is 2.97. The first-order chi connectivity index (χ1) is 9.33. The van der Waals surface area contributed by atoms with Crippen LogP contribution >= 0.6 is 0 Å². The molecule has 0 saturated heterocycles. The monoisotopic (exact) mass is 255 g/mol. The van der Waals surface area contributed by atoms with E-state index in [1.165, 1.54) is 0 Å². The van der Waals surface area contributed by atoms with Crippen molar-refractivity contribution in [3.63, 3.8) is 0 Å². The summed E-state index contributed by atoms with van der Waals surface area (Å²) in [7, 11) is 0. The summed E-state index contributed by atoms with van der Waals surface area (Å²) in [6, 6.07) is 5.46. The Morgan fingerprint density at radius 1 is 1.37 bits per heavy atom. The van der Waals surface area contributed by atoms with Crippen LogP contribution in [0.25, 0.3) is 10.9 Å². The molecule has 19 heavy (non-hydrogen) atoms. The van der Waals surface area contributed by atoms with Crippen molar-refractivity contribution in [3.8, 4) is 0 Å². The third-order valence-corrected chi connectivity index (χ3v) is 2.91. The second-order valence-electron chi connectivity index (χ2n) is 4.21. The number of aromatic amines is 2. The van der Waals surface area contributed by atoms with E-state index in [-0.39, 0.29) is 5.91 Å². The molecule has 6 nitrogen and oxygen atoms in total. The summed E-state index contributed by atoms with van der Waals surface area (Å²) in [6.45, 7) is 0.549. The van der Waals surface area contributed by atoms with E-state index < -0.39 is 0 Å². The predicted octanol–water partition coefficient (Wildman–Crippen LogP) is 1.26. The maximum absolute atomic E-state index is 12.0. The zero-order valence-corrected chi connectivity index (χ0v) is 10.2. The number of fused-ring (bicyclic) bond motifs is 1. The van der Waals surface area contributed by atoms with Crippen LogP contribution in [0.1, 0.15) is 16.2 Å². The minimum atomic E-state index is -0.0944. The van der Waals surface area contributed by atoms with Gasteiger partial charge in [0.2, 0.25) is 0 Å². The summed E-state index contributed by atoms with van der Waals surface area (Å²) in [4.78, 5) is 19.1. The molecule has 0 aliphatic heterocycles. The van der Waals surface area contributed by atoms with Gasteiger partial charge in [-0.1, -0.05) is 6.07 Å². The molecule has 0 aliphatic carbocycles. The van der Waals surface area contributed by atoms with Crippen molar-refractivity contribution in [3.05, 3.63) is 48.2 Å². The SMILES string of the molecule is O=C(NCCc1ncc[nH]1)c1ccc2cn[nH]c2c1. The number of benzene rings is 1. The maximum atomic E-state index is 12.0. The van der Waals surface area contributed by atoms with E-state index in [4.69, 9.17) is 0 Å². The van der Waals surface area contributed by atoms with Crippen LogP contribution in [-0.2, 0) is 6.42 Å². The van der Waals surface area contributed by atoms with Crippen LogP contribution < -0.4 is 5.32 Å². The second kappa shape index (κ2) is 4.93. The Bertz CT molecular complexity index is 686. The van der Waals surface area contributed by atoms with E-state index in [0.29, 0.717) is 18.5 Å². The van der Waals surface area contributed by atoms with Gasteiger partial charge in [-0.25, -0.2) is 4.98 Å². The highest BCUT2D eigenvalue weighted by Crippen LogP contribution is 2.12.